The molecule has 7 heteroatoms. The molecular formula is C20H23N3O3S. The first-order valence-electron chi connectivity index (χ1n) is 9.03. The van der Waals surface area contributed by atoms with Gasteiger partial charge in [-0.3, -0.25) is 9.59 Å². The van der Waals surface area contributed by atoms with Gasteiger partial charge < -0.3 is 15.0 Å². The monoisotopic (exact) mass is 385 g/mol. The molecule has 27 heavy (non-hydrogen) atoms. The van der Waals surface area contributed by atoms with Gasteiger partial charge in [0.25, 0.3) is 5.56 Å². The lowest BCUT2D eigenvalue weighted by Crippen LogP contribution is -2.31. The van der Waals surface area contributed by atoms with E-state index in [1.165, 1.54) is 11.8 Å². The Bertz CT molecular complexity index is 877. The van der Waals surface area contributed by atoms with E-state index in [1.54, 1.807) is 6.08 Å². The highest BCUT2D eigenvalue weighted by Crippen LogP contribution is 2.35. The number of nitrogens with one attached hydrogen (secondary N) is 2. The fourth-order valence-electron chi connectivity index (χ4n) is 2.97. The van der Waals surface area contributed by atoms with E-state index in [4.69, 9.17) is 4.74 Å². The molecule has 0 fully saturated rings. The molecule has 1 aliphatic rings. The molecular weight excluding hydrogens is 362 g/mol. The number of thioether (sulfide) groups is 1. The molecule has 1 atom stereocenters. The zero-order valence-corrected chi connectivity index (χ0v) is 16.1. The maximum absolute atomic E-state index is 12.7. The summed E-state index contributed by atoms with van der Waals surface area (Å²) >= 11 is 1.36. The molecule has 6 nitrogen and oxygen atoms in total. The Morgan fingerprint density at radius 2 is 2.11 bits per heavy atom. The van der Waals surface area contributed by atoms with Gasteiger partial charge in [0, 0.05) is 18.1 Å². The molecule has 1 aliphatic heterocycles. The second kappa shape index (κ2) is 8.90. The smallest absolute Gasteiger partial charge is 0.257 e. The third-order valence-corrected chi connectivity index (χ3v) is 5.19. The first-order valence-corrected chi connectivity index (χ1v) is 10.0. The van der Waals surface area contributed by atoms with Crippen LogP contribution in [0.1, 0.15) is 43.2 Å². The van der Waals surface area contributed by atoms with Crippen molar-refractivity contribution in [3.05, 3.63) is 58.4 Å². The van der Waals surface area contributed by atoms with Crippen molar-refractivity contribution in [1.82, 2.24) is 9.97 Å². The first kappa shape index (κ1) is 19.2. The number of nitrogens with zero attached hydrogens (tertiary/aromatic N) is 1. The van der Waals surface area contributed by atoms with E-state index in [-0.39, 0.29) is 23.8 Å². The van der Waals surface area contributed by atoms with Crippen LogP contribution in [-0.4, -0.2) is 28.2 Å². The number of fused-ring (bicyclic) bond motifs is 1. The van der Waals surface area contributed by atoms with Crippen molar-refractivity contribution in [3.63, 3.8) is 0 Å². The summed E-state index contributed by atoms with van der Waals surface area (Å²) in [6.07, 6.45) is 4.03. The van der Waals surface area contributed by atoms with Gasteiger partial charge in [0.05, 0.1) is 12.2 Å². The fraction of sp³-hybridized carbons (Fsp3) is 0.350. The van der Waals surface area contributed by atoms with Gasteiger partial charge in [0.2, 0.25) is 5.91 Å². The maximum Gasteiger partial charge on any atom is 0.257 e. The number of unbranched alkanes of at least 4 members (excludes halogenated alkanes) is 1. The van der Waals surface area contributed by atoms with Crippen LogP contribution < -0.4 is 15.6 Å². The van der Waals surface area contributed by atoms with Gasteiger partial charge in [-0.05, 0) is 24.1 Å². The summed E-state index contributed by atoms with van der Waals surface area (Å²) in [7, 11) is 0. The van der Waals surface area contributed by atoms with E-state index in [0.29, 0.717) is 28.9 Å². The molecule has 1 aromatic carbocycles. The van der Waals surface area contributed by atoms with Crippen LogP contribution in [0.3, 0.4) is 0 Å². The number of rotatable bonds is 8. The molecule has 1 aromatic heterocycles. The highest BCUT2D eigenvalue weighted by molar-refractivity contribution is 7.99. The standard InChI is InChI=1S/C20H23N3O3S/c1-3-5-10-26-14-8-6-13(7-9-14)15-12-16(24)21-18-17(15)19(25)23-20(22-18)27-11-4-2/h4,6-9,15H,2-3,5,10-12H2,1H3,(H2,21,22,23,24,25)/t15-/m1/s1. The molecule has 0 unspecified atom stereocenters. The quantitative estimate of drug-likeness (QED) is 0.313. The molecule has 142 valence electrons. The van der Waals surface area contributed by atoms with Crippen LogP contribution in [0.4, 0.5) is 5.82 Å². The highest BCUT2D eigenvalue weighted by atomic mass is 32.2. The Balaban J connectivity index is 1.88. The van der Waals surface area contributed by atoms with Crippen LogP contribution in [0.2, 0.25) is 0 Å². The van der Waals surface area contributed by atoms with Crippen molar-refractivity contribution in [1.29, 1.82) is 0 Å². The summed E-state index contributed by atoms with van der Waals surface area (Å²) in [4.78, 5) is 32.1. The minimum Gasteiger partial charge on any atom is -0.494 e. The summed E-state index contributed by atoms with van der Waals surface area (Å²) in [6.45, 7) is 6.46. The largest absolute Gasteiger partial charge is 0.494 e. The van der Waals surface area contributed by atoms with E-state index in [9.17, 15) is 9.59 Å². The van der Waals surface area contributed by atoms with Crippen LogP contribution in [0, 0.1) is 0 Å². The number of anilines is 1. The molecule has 0 aliphatic carbocycles. The number of hydrogen-bond acceptors (Lipinski definition) is 5. The lowest BCUT2D eigenvalue weighted by Gasteiger charge is -2.24. The van der Waals surface area contributed by atoms with Gasteiger partial charge in [-0.15, -0.1) is 6.58 Å². The number of amides is 1. The second-order valence-electron chi connectivity index (χ2n) is 6.31. The van der Waals surface area contributed by atoms with Crippen molar-refractivity contribution in [2.75, 3.05) is 17.7 Å². The minimum absolute atomic E-state index is 0.145. The maximum atomic E-state index is 12.7. The van der Waals surface area contributed by atoms with E-state index >= 15 is 0 Å². The highest BCUT2D eigenvalue weighted by Gasteiger charge is 2.30. The lowest BCUT2D eigenvalue weighted by atomic mass is 9.87. The van der Waals surface area contributed by atoms with E-state index in [0.717, 1.165) is 24.2 Å². The zero-order valence-electron chi connectivity index (χ0n) is 15.3. The number of H-pyrrole nitrogens is 1. The molecule has 3 rings (SSSR count). The SMILES string of the molecule is C=CCSc1nc2c(c(=O)[nH]1)[C@@H](c1ccc(OCCCC)cc1)CC(=O)N2. The van der Waals surface area contributed by atoms with Crippen LogP contribution in [0.15, 0.2) is 46.9 Å². The summed E-state index contributed by atoms with van der Waals surface area (Å²) in [6, 6.07) is 7.59. The van der Waals surface area contributed by atoms with Crippen LogP contribution in [0.25, 0.3) is 0 Å². The van der Waals surface area contributed by atoms with Crippen LogP contribution in [0.5, 0.6) is 5.75 Å². The Labute approximate surface area is 162 Å². The summed E-state index contributed by atoms with van der Waals surface area (Å²) < 4.78 is 5.69. The van der Waals surface area contributed by atoms with Crippen LogP contribution in [-0.2, 0) is 4.79 Å². The molecule has 2 heterocycles. The topological polar surface area (TPSA) is 84.1 Å². The Hall–Kier alpha value is -2.54. The Kier molecular flexibility index (Phi) is 6.34. The second-order valence-corrected chi connectivity index (χ2v) is 7.32. The van der Waals surface area contributed by atoms with Gasteiger partial charge in [-0.2, -0.15) is 0 Å². The van der Waals surface area contributed by atoms with E-state index in [2.05, 4.69) is 28.8 Å². The number of carbonyl (C=O) groups excluding carboxylic acids is 1. The number of aromatic amines is 1. The summed E-state index contributed by atoms with van der Waals surface area (Å²) in [5.74, 6) is 1.28. The molecule has 0 bridgehead atoms. The Morgan fingerprint density at radius 1 is 1.33 bits per heavy atom. The van der Waals surface area contributed by atoms with Crippen molar-refractivity contribution < 1.29 is 9.53 Å². The number of benzene rings is 1. The predicted octanol–water partition coefficient (Wildman–Crippen LogP) is 3.70. The molecule has 0 saturated carbocycles. The van der Waals surface area contributed by atoms with E-state index in [1.807, 2.05) is 24.3 Å². The molecule has 0 radical (unpaired) electrons. The van der Waals surface area contributed by atoms with Gasteiger partial charge in [0.1, 0.15) is 11.6 Å². The number of hydrogen-bond donors (Lipinski definition) is 2. The number of carbonyl (C=O) groups is 1. The average Bonchev–Trinajstić information content (AvgIpc) is 2.66. The summed E-state index contributed by atoms with van der Waals surface area (Å²) in [5, 5.41) is 3.20. The van der Waals surface area contributed by atoms with Gasteiger partial charge in [-0.1, -0.05) is 43.3 Å². The number of ether oxygens (including phenoxy) is 1. The predicted molar refractivity (Wildman–Crippen MR) is 108 cm³/mol. The third kappa shape index (κ3) is 4.60. The van der Waals surface area contributed by atoms with Crippen LogP contribution >= 0.6 is 11.8 Å². The molecule has 1 amide bonds. The average molecular weight is 385 g/mol. The molecule has 2 N–H and O–H groups in total. The fourth-order valence-corrected chi connectivity index (χ4v) is 3.57. The van der Waals surface area contributed by atoms with Crippen molar-refractivity contribution in [3.8, 4) is 5.75 Å². The van der Waals surface area contributed by atoms with Crippen molar-refractivity contribution >= 4 is 23.5 Å². The van der Waals surface area contributed by atoms with Gasteiger partial charge in [0.15, 0.2) is 5.16 Å². The molecule has 2 aromatic rings. The molecule has 0 saturated heterocycles. The summed E-state index contributed by atoms with van der Waals surface area (Å²) in [5.41, 5.74) is 1.17. The zero-order chi connectivity index (χ0) is 19.2. The Morgan fingerprint density at radius 3 is 2.81 bits per heavy atom. The van der Waals surface area contributed by atoms with Crippen molar-refractivity contribution in [2.45, 2.75) is 37.3 Å². The normalized spacial score (nSPS) is 15.7. The molecule has 0 spiro atoms. The van der Waals surface area contributed by atoms with E-state index < -0.39 is 0 Å². The number of aromatic nitrogens is 2. The van der Waals surface area contributed by atoms with Gasteiger partial charge >= 0.3 is 0 Å². The minimum atomic E-state index is -0.326. The van der Waals surface area contributed by atoms with Gasteiger partial charge in [-0.25, -0.2) is 4.98 Å². The lowest BCUT2D eigenvalue weighted by molar-refractivity contribution is -0.116. The third-order valence-electron chi connectivity index (χ3n) is 4.32. The first-order chi connectivity index (χ1) is 13.1. The van der Waals surface area contributed by atoms with Crippen molar-refractivity contribution in [2.24, 2.45) is 0 Å².